The van der Waals surface area contributed by atoms with E-state index in [-0.39, 0.29) is 16.6 Å². The van der Waals surface area contributed by atoms with Crippen molar-refractivity contribution in [3.8, 4) is 0 Å². The fourth-order valence-electron chi connectivity index (χ4n) is 2.12. The predicted molar refractivity (Wildman–Crippen MR) is 69.1 cm³/mol. The van der Waals surface area contributed by atoms with Crippen molar-refractivity contribution in [2.24, 2.45) is 0 Å². The van der Waals surface area contributed by atoms with E-state index in [2.05, 4.69) is 10.6 Å². The molecule has 2 rings (SSSR count). The molecule has 0 aliphatic carbocycles. The Morgan fingerprint density at radius 2 is 2.11 bits per heavy atom. The lowest BCUT2D eigenvalue weighted by Gasteiger charge is -2.15. The highest BCUT2D eigenvalue weighted by Crippen LogP contribution is 2.26. The van der Waals surface area contributed by atoms with E-state index < -0.39 is 15.6 Å². The van der Waals surface area contributed by atoms with Gasteiger partial charge in [-0.15, -0.1) is 0 Å². The Balaban J connectivity index is 2.16. The maximum atomic E-state index is 12.6. The van der Waals surface area contributed by atoms with Gasteiger partial charge < -0.3 is 10.6 Å². The molecule has 1 aromatic rings. The number of hydrogen-bond acceptors (Lipinski definition) is 4. The van der Waals surface area contributed by atoms with Crippen molar-refractivity contribution >= 4 is 15.5 Å². The van der Waals surface area contributed by atoms with E-state index in [9.17, 15) is 17.2 Å². The van der Waals surface area contributed by atoms with Gasteiger partial charge in [0.25, 0.3) is 0 Å². The molecule has 1 fully saturated rings. The summed E-state index contributed by atoms with van der Waals surface area (Å²) >= 11 is 0. The van der Waals surface area contributed by atoms with Crippen molar-refractivity contribution in [1.82, 2.24) is 5.32 Å². The van der Waals surface area contributed by atoms with Crippen LogP contribution in [-0.4, -0.2) is 33.3 Å². The van der Waals surface area contributed by atoms with Crippen molar-refractivity contribution in [3.05, 3.63) is 24.3 Å². The molecule has 1 unspecified atom stereocenters. The third kappa shape index (κ3) is 3.22. The van der Waals surface area contributed by atoms with Crippen molar-refractivity contribution in [3.63, 3.8) is 0 Å². The molecule has 0 bridgehead atoms. The Morgan fingerprint density at radius 1 is 1.37 bits per heavy atom. The van der Waals surface area contributed by atoms with Crippen LogP contribution in [0.1, 0.15) is 12.8 Å². The molecule has 1 aliphatic heterocycles. The van der Waals surface area contributed by atoms with Gasteiger partial charge in [0.2, 0.25) is 9.84 Å². The van der Waals surface area contributed by atoms with Gasteiger partial charge in [-0.2, -0.15) is 8.78 Å². The predicted octanol–water partition coefficient (Wildman–Crippen LogP) is 1.85. The molecule has 1 aromatic carbocycles. The summed E-state index contributed by atoms with van der Waals surface area (Å²) in [7, 11) is -4.57. The first-order valence-electron chi connectivity index (χ1n) is 6.10. The highest BCUT2D eigenvalue weighted by molar-refractivity contribution is 7.91. The largest absolute Gasteiger partial charge is 0.382 e. The zero-order valence-electron chi connectivity index (χ0n) is 10.3. The number of benzene rings is 1. The van der Waals surface area contributed by atoms with E-state index in [1.165, 1.54) is 18.2 Å². The number of anilines is 1. The minimum atomic E-state index is -4.57. The monoisotopic (exact) mass is 290 g/mol. The first kappa shape index (κ1) is 14.2. The molecule has 0 saturated carbocycles. The molecular weight excluding hydrogens is 274 g/mol. The molecule has 0 aromatic heterocycles. The van der Waals surface area contributed by atoms with Gasteiger partial charge in [-0.1, -0.05) is 12.1 Å². The van der Waals surface area contributed by atoms with E-state index in [1.807, 2.05) is 0 Å². The van der Waals surface area contributed by atoms with Crippen LogP contribution in [0.25, 0.3) is 0 Å². The third-order valence-electron chi connectivity index (χ3n) is 3.13. The van der Waals surface area contributed by atoms with E-state index in [0.29, 0.717) is 6.54 Å². The fourth-order valence-corrected chi connectivity index (χ4v) is 3.03. The molecule has 106 valence electrons. The van der Waals surface area contributed by atoms with Crippen LogP contribution in [0.4, 0.5) is 14.5 Å². The van der Waals surface area contributed by atoms with Crippen molar-refractivity contribution in [2.45, 2.75) is 29.5 Å². The fraction of sp³-hybridized carbons (Fsp3) is 0.500. The summed E-state index contributed by atoms with van der Waals surface area (Å²) in [5.41, 5.74) is 0.233. The molecular formula is C12H16F2N2O2S. The van der Waals surface area contributed by atoms with Gasteiger partial charge in [0.1, 0.15) is 0 Å². The minimum absolute atomic E-state index is 0.233. The topological polar surface area (TPSA) is 58.2 Å². The highest BCUT2D eigenvalue weighted by atomic mass is 32.2. The number of sulfone groups is 1. The van der Waals surface area contributed by atoms with Gasteiger partial charge in [0.15, 0.2) is 0 Å². The molecule has 7 heteroatoms. The Hall–Kier alpha value is -1.21. The Morgan fingerprint density at radius 3 is 2.74 bits per heavy atom. The lowest BCUT2D eigenvalue weighted by Crippen LogP contribution is -2.29. The van der Waals surface area contributed by atoms with Crippen LogP contribution < -0.4 is 10.6 Å². The van der Waals surface area contributed by atoms with Gasteiger partial charge in [-0.3, -0.25) is 0 Å². The average molecular weight is 290 g/mol. The van der Waals surface area contributed by atoms with Crippen molar-refractivity contribution in [2.75, 3.05) is 18.4 Å². The van der Waals surface area contributed by atoms with Crippen LogP contribution in [-0.2, 0) is 9.84 Å². The Bertz CT molecular complexity index is 528. The Kier molecular flexibility index (Phi) is 4.36. The van der Waals surface area contributed by atoms with E-state index in [4.69, 9.17) is 0 Å². The van der Waals surface area contributed by atoms with E-state index in [0.717, 1.165) is 19.4 Å². The number of halogens is 2. The van der Waals surface area contributed by atoms with Crippen LogP contribution in [0.5, 0.6) is 0 Å². The molecule has 1 aliphatic rings. The molecule has 4 nitrogen and oxygen atoms in total. The van der Waals surface area contributed by atoms with Crippen LogP contribution in [0, 0.1) is 0 Å². The van der Waals surface area contributed by atoms with Gasteiger partial charge in [0, 0.05) is 12.6 Å². The summed E-state index contributed by atoms with van der Waals surface area (Å²) < 4.78 is 48.3. The first-order valence-corrected chi connectivity index (χ1v) is 7.65. The second kappa shape index (κ2) is 5.83. The molecule has 1 atom stereocenters. The van der Waals surface area contributed by atoms with Gasteiger partial charge >= 0.3 is 5.76 Å². The molecule has 1 saturated heterocycles. The maximum absolute atomic E-state index is 12.6. The zero-order valence-corrected chi connectivity index (χ0v) is 11.1. The van der Waals surface area contributed by atoms with Crippen LogP contribution in [0.3, 0.4) is 0 Å². The molecule has 2 N–H and O–H groups in total. The Labute approximate surface area is 111 Å². The number of hydrogen-bond donors (Lipinski definition) is 2. The number of nitrogens with one attached hydrogen (secondary N) is 2. The van der Waals surface area contributed by atoms with E-state index >= 15 is 0 Å². The van der Waals surface area contributed by atoms with Gasteiger partial charge in [-0.05, 0) is 31.5 Å². The second-order valence-corrected chi connectivity index (χ2v) is 6.36. The summed E-state index contributed by atoms with van der Waals surface area (Å²) in [6.45, 7) is 1.46. The second-order valence-electron chi connectivity index (χ2n) is 4.48. The van der Waals surface area contributed by atoms with Crippen LogP contribution in [0.15, 0.2) is 29.2 Å². The lowest BCUT2D eigenvalue weighted by molar-refractivity contribution is 0.235. The molecule has 0 radical (unpaired) electrons. The maximum Gasteiger partial charge on any atom is 0.341 e. The van der Waals surface area contributed by atoms with E-state index in [1.54, 1.807) is 6.07 Å². The number of para-hydroxylation sites is 1. The third-order valence-corrected chi connectivity index (χ3v) is 4.57. The summed E-state index contributed by atoms with van der Waals surface area (Å²) in [6, 6.07) is 6.02. The SMILES string of the molecule is O=S(=O)(c1ccccc1NCC1CCCN1)C(F)F. The minimum Gasteiger partial charge on any atom is -0.382 e. The lowest BCUT2D eigenvalue weighted by atomic mass is 10.2. The van der Waals surface area contributed by atoms with Gasteiger partial charge in [-0.25, -0.2) is 8.42 Å². The van der Waals surface area contributed by atoms with Crippen molar-refractivity contribution in [1.29, 1.82) is 0 Å². The standard InChI is InChI=1S/C12H16F2N2O2S/c13-12(14)19(17,18)11-6-2-1-5-10(11)16-8-9-4-3-7-15-9/h1-2,5-6,9,12,15-16H,3-4,7-8H2. The van der Waals surface area contributed by atoms with Gasteiger partial charge in [0.05, 0.1) is 10.6 Å². The number of rotatable bonds is 5. The molecule has 1 heterocycles. The normalized spacial score (nSPS) is 19.8. The molecule has 19 heavy (non-hydrogen) atoms. The summed E-state index contributed by atoms with van der Waals surface area (Å²) in [5.74, 6) is -3.40. The zero-order chi connectivity index (χ0) is 13.9. The smallest absolute Gasteiger partial charge is 0.341 e. The highest BCUT2D eigenvalue weighted by Gasteiger charge is 2.29. The summed E-state index contributed by atoms with van der Waals surface area (Å²) in [5, 5.41) is 6.19. The summed E-state index contributed by atoms with van der Waals surface area (Å²) in [6.07, 6.45) is 2.07. The van der Waals surface area contributed by atoms with Crippen LogP contribution in [0.2, 0.25) is 0 Å². The number of alkyl halides is 2. The first-order chi connectivity index (χ1) is 9.01. The van der Waals surface area contributed by atoms with Crippen LogP contribution >= 0.6 is 0 Å². The quantitative estimate of drug-likeness (QED) is 0.869. The molecule has 0 amide bonds. The molecule has 0 spiro atoms. The van der Waals surface area contributed by atoms with Crippen molar-refractivity contribution < 1.29 is 17.2 Å². The average Bonchev–Trinajstić information content (AvgIpc) is 2.89. The summed E-state index contributed by atoms with van der Waals surface area (Å²) in [4.78, 5) is -0.344.